The number of rotatable bonds is 4. The molecule has 2 amide bonds. The Morgan fingerprint density at radius 3 is 2.36 bits per heavy atom. The molecule has 1 aliphatic rings. The fourth-order valence-corrected chi connectivity index (χ4v) is 2.82. The van der Waals surface area contributed by atoms with Crippen molar-refractivity contribution in [2.75, 3.05) is 31.1 Å². The Labute approximate surface area is 134 Å². The predicted molar refractivity (Wildman–Crippen MR) is 92.6 cm³/mol. The van der Waals surface area contributed by atoms with Crippen LogP contribution in [-0.4, -0.2) is 43.2 Å². The minimum absolute atomic E-state index is 0.0751. The Morgan fingerprint density at radius 1 is 1.14 bits per heavy atom. The zero-order valence-corrected chi connectivity index (χ0v) is 14.3. The molecule has 1 aliphatic heterocycles. The van der Waals surface area contributed by atoms with Crippen molar-refractivity contribution >= 4 is 11.7 Å². The summed E-state index contributed by atoms with van der Waals surface area (Å²) in [6, 6.07) is 8.93. The van der Waals surface area contributed by atoms with Gasteiger partial charge in [-0.15, -0.1) is 0 Å². The monoisotopic (exact) mass is 303 g/mol. The summed E-state index contributed by atoms with van der Waals surface area (Å²) in [5, 5.41) is 3.05. The van der Waals surface area contributed by atoms with Crippen molar-refractivity contribution in [2.24, 2.45) is 0 Å². The van der Waals surface area contributed by atoms with Gasteiger partial charge < -0.3 is 15.1 Å². The maximum absolute atomic E-state index is 12.2. The van der Waals surface area contributed by atoms with Crippen LogP contribution in [0.1, 0.15) is 45.6 Å². The van der Waals surface area contributed by atoms with Crippen LogP contribution in [-0.2, 0) is 0 Å². The van der Waals surface area contributed by atoms with Crippen molar-refractivity contribution in [2.45, 2.75) is 46.1 Å². The van der Waals surface area contributed by atoms with E-state index in [4.69, 9.17) is 0 Å². The molecule has 1 heterocycles. The minimum Gasteiger partial charge on any atom is -0.368 e. The average molecular weight is 303 g/mol. The van der Waals surface area contributed by atoms with Gasteiger partial charge in [0, 0.05) is 37.9 Å². The SMILES string of the molecule is CCC(C)NC(=O)N1CCN(c2ccccc2C(C)C)CC1. The zero-order valence-electron chi connectivity index (χ0n) is 14.3. The molecule has 4 nitrogen and oxygen atoms in total. The van der Waals surface area contributed by atoms with Crippen LogP contribution in [0.5, 0.6) is 0 Å². The number of nitrogens with zero attached hydrogens (tertiary/aromatic N) is 2. The number of carbonyl (C=O) groups is 1. The highest BCUT2D eigenvalue weighted by Gasteiger charge is 2.23. The summed E-state index contributed by atoms with van der Waals surface area (Å²) in [5.74, 6) is 0.517. The molecule has 1 aromatic rings. The lowest BCUT2D eigenvalue weighted by Gasteiger charge is -2.37. The van der Waals surface area contributed by atoms with E-state index in [2.05, 4.69) is 55.3 Å². The van der Waals surface area contributed by atoms with Crippen molar-refractivity contribution in [1.29, 1.82) is 0 Å². The number of benzene rings is 1. The third-order valence-electron chi connectivity index (χ3n) is 4.45. The fraction of sp³-hybridized carbons (Fsp3) is 0.611. The van der Waals surface area contributed by atoms with Gasteiger partial charge in [0.25, 0.3) is 0 Å². The molecule has 22 heavy (non-hydrogen) atoms. The molecule has 0 radical (unpaired) electrons. The lowest BCUT2D eigenvalue weighted by atomic mass is 10.00. The number of carbonyl (C=O) groups excluding carboxylic acids is 1. The molecule has 0 aromatic heterocycles. The van der Waals surface area contributed by atoms with E-state index in [0.29, 0.717) is 5.92 Å². The average Bonchev–Trinajstić information content (AvgIpc) is 2.54. The molecule has 0 bridgehead atoms. The smallest absolute Gasteiger partial charge is 0.317 e. The van der Waals surface area contributed by atoms with Crippen LogP contribution < -0.4 is 10.2 Å². The van der Waals surface area contributed by atoms with Crippen LogP contribution >= 0.6 is 0 Å². The van der Waals surface area contributed by atoms with Gasteiger partial charge in [0.15, 0.2) is 0 Å². The van der Waals surface area contributed by atoms with Gasteiger partial charge >= 0.3 is 6.03 Å². The van der Waals surface area contributed by atoms with Gasteiger partial charge in [0.2, 0.25) is 0 Å². The first-order chi connectivity index (χ1) is 10.5. The van der Waals surface area contributed by atoms with Crippen molar-refractivity contribution in [1.82, 2.24) is 10.2 Å². The topological polar surface area (TPSA) is 35.6 Å². The molecular formula is C18H29N3O. The van der Waals surface area contributed by atoms with E-state index in [-0.39, 0.29) is 12.1 Å². The summed E-state index contributed by atoms with van der Waals surface area (Å²) >= 11 is 0. The first-order valence-corrected chi connectivity index (χ1v) is 8.42. The number of anilines is 1. The highest BCUT2D eigenvalue weighted by atomic mass is 16.2. The van der Waals surface area contributed by atoms with E-state index < -0.39 is 0 Å². The van der Waals surface area contributed by atoms with E-state index in [1.807, 2.05) is 11.8 Å². The third-order valence-corrected chi connectivity index (χ3v) is 4.45. The highest BCUT2D eigenvalue weighted by Crippen LogP contribution is 2.28. The zero-order chi connectivity index (χ0) is 16.1. The molecule has 1 saturated heterocycles. The second-order valence-electron chi connectivity index (χ2n) is 6.45. The number of urea groups is 1. The molecular weight excluding hydrogens is 274 g/mol. The standard InChI is InChI=1S/C18H29N3O/c1-5-15(4)19-18(22)21-12-10-20(11-13-21)17-9-7-6-8-16(17)14(2)3/h6-9,14-15H,5,10-13H2,1-4H3,(H,19,22). The normalized spacial score (nSPS) is 16.8. The van der Waals surface area contributed by atoms with E-state index in [9.17, 15) is 4.79 Å². The number of para-hydroxylation sites is 1. The molecule has 122 valence electrons. The van der Waals surface area contributed by atoms with Crippen LogP contribution in [0.25, 0.3) is 0 Å². The lowest BCUT2D eigenvalue weighted by molar-refractivity contribution is 0.190. The van der Waals surface area contributed by atoms with Gasteiger partial charge in [0.05, 0.1) is 0 Å². The summed E-state index contributed by atoms with van der Waals surface area (Å²) in [5.41, 5.74) is 2.71. The molecule has 0 aliphatic carbocycles. The molecule has 1 N–H and O–H groups in total. The number of hydrogen-bond donors (Lipinski definition) is 1. The quantitative estimate of drug-likeness (QED) is 0.925. The summed E-state index contributed by atoms with van der Waals surface area (Å²) in [6.45, 7) is 12.0. The number of hydrogen-bond acceptors (Lipinski definition) is 2. The van der Waals surface area contributed by atoms with Crippen molar-refractivity contribution in [3.63, 3.8) is 0 Å². The Bertz CT molecular complexity index is 493. The van der Waals surface area contributed by atoms with Crippen molar-refractivity contribution < 1.29 is 4.79 Å². The van der Waals surface area contributed by atoms with Crippen LogP contribution in [0.4, 0.5) is 10.5 Å². The van der Waals surface area contributed by atoms with Gasteiger partial charge in [0.1, 0.15) is 0 Å². The Morgan fingerprint density at radius 2 is 1.77 bits per heavy atom. The van der Waals surface area contributed by atoms with Crippen LogP contribution in [0, 0.1) is 0 Å². The summed E-state index contributed by atoms with van der Waals surface area (Å²) in [4.78, 5) is 16.5. The van der Waals surface area contributed by atoms with E-state index in [0.717, 1.165) is 32.6 Å². The molecule has 0 spiro atoms. The minimum atomic E-state index is 0.0751. The van der Waals surface area contributed by atoms with Crippen molar-refractivity contribution in [3.05, 3.63) is 29.8 Å². The number of piperazine rings is 1. The molecule has 2 rings (SSSR count). The Hall–Kier alpha value is -1.71. The fourth-order valence-electron chi connectivity index (χ4n) is 2.82. The number of amides is 2. The van der Waals surface area contributed by atoms with Gasteiger partial charge in [-0.1, -0.05) is 39.0 Å². The van der Waals surface area contributed by atoms with Crippen molar-refractivity contribution in [3.8, 4) is 0 Å². The molecule has 1 unspecified atom stereocenters. The molecule has 0 saturated carbocycles. The van der Waals surface area contributed by atoms with Crippen LogP contribution in [0.2, 0.25) is 0 Å². The van der Waals surface area contributed by atoms with Gasteiger partial charge in [-0.25, -0.2) is 4.79 Å². The summed E-state index contributed by atoms with van der Waals surface area (Å²) in [7, 11) is 0. The molecule has 1 fully saturated rings. The van der Waals surface area contributed by atoms with Gasteiger partial charge in [-0.2, -0.15) is 0 Å². The van der Waals surface area contributed by atoms with E-state index >= 15 is 0 Å². The molecule has 1 atom stereocenters. The van der Waals surface area contributed by atoms with Crippen LogP contribution in [0.3, 0.4) is 0 Å². The Balaban J connectivity index is 1.96. The molecule has 1 aromatic carbocycles. The first-order valence-electron chi connectivity index (χ1n) is 8.42. The summed E-state index contributed by atoms with van der Waals surface area (Å²) < 4.78 is 0. The van der Waals surface area contributed by atoms with E-state index in [1.165, 1.54) is 11.3 Å². The third kappa shape index (κ3) is 3.93. The largest absolute Gasteiger partial charge is 0.368 e. The second-order valence-corrected chi connectivity index (χ2v) is 6.45. The lowest BCUT2D eigenvalue weighted by Crippen LogP contribution is -2.53. The van der Waals surface area contributed by atoms with E-state index in [1.54, 1.807) is 0 Å². The first kappa shape index (κ1) is 16.7. The van der Waals surface area contributed by atoms with Crippen LogP contribution in [0.15, 0.2) is 24.3 Å². The number of nitrogens with one attached hydrogen (secondary N) is 1. The highest BCUT2D eigenvalue weighted by molar-refractivity contribution is 5.75. The predicted octanol–water partition coefficient (Wildman–Crippen LogP) is 3.44. The molecule has 4 heteroatoms. The van der Waals surface area contributed by atoms with Gasteiger partial charge in [-0.05, 0) is 30.9 Å². The maximum Gasteiger partial charge on any atom is 0.317 e. The maximum atomic E-state index is 12.2. The summed E-state index contributed by atoms with van der Waals surface area (Å²) in [6.07, 6.45) is 0.966. The Kier molecular flexibility index (Phi) is 5.69. The second kappa shape index (κ2) is 7.52. The van der Waals surface area contributed by atoms with Gasteiger partial charge in [-0.3, -0.25) is 0 Å².